The molecule has 0 unspecified atom stereocenters. The van der Waals surface area contributed by atoms with Crippen LogP contribution >= 0.6 is 0 Å². The normalized spacial score (nSPS) is 10.2. The van der Waals surface area contributed by atoms with Gasteiger partial charge in [-0.15, -0.1) is 0 Å². The Labute approximate surface area is 109 Å². The Balaban J connectivity index is 2.02. The van der Waals surface area contributed by atoms with Gasteiger partial charge < -0.3 is 10.4 Å². The van der Waals surface area contributed by atoms with Gasteiger partial charge in [-0.05, 0) is 36.2 Å². The van der Waals surface area contributed by atoms with Gasteiger partial charge in [0.15, 0.2) is 0 Å². The second-order valence-electron chi connectivity index (χ2n) is 4.03. The summed E-state index contributed by atoms with van der Waals surface area (Å²) >= 11 is 0. The Hall–Kier alpha value is -2.43. The maximum atomic E-state index is 13.0. The molecule has 0 saturated heterocycles. The molecule has 2 N–H and O–H groups in total. The minimum Gasteiger partial charge on any atom is -0.478 e. The Bertz CT molecular complexity index is 573. The molecule has 0 atom stereocenters. The van der Waals surface area contributed by atoms with Gasteiger partial charge in [0.05, 0.1) is 5.56 Å². The smallest absolute Gasteiger partial charge is 0.337 e. The van der Waals surface area contributed by atoms with E-state index in [0.29, 0.717) is 18.7 Å². The summed E-state index contributed by atoms with van der Waals surface area (Å²) in [5.41, 5.74) is 1.40. The van der Waals surface area contributed by atoms with Gasteiger partial charge in [-0.2, -0.15) is 0 Å². The first-order chi connectivity index (χ1) is 9.16. The number of aromatic nitrogens is 1. The molecule has 2 rings (SSSR count). The van der Waals surface area contributed by atoms with Crippen LogP contribution in [0, 0.1) is 5.82 Å². The molecule has 1 heterocycles. The van der Waals surface area contributed by atoms with Crippen molar-refractivity contribution in [2.45, 2.75) is 6.42 Å². The summed E-state index contributed by atoms with van der Waals surface area (Å²) in [5.74, 6) is -1.71. The SMILES string of the molecule is O=C(O)c1cc(F)ccc1NCCc1cccnc1. The van der Waals surface area contributed by atoms with Crippen LogP contribution in [0.5, 0.6) is 0 Å². The van der Waals surface area contributed by atoms with Crippen LogP contribution < -0.4 is 5.32 Å². The number of carbonyl (C=O) groups is 1. The second kappa shape index (κ2) is 5.95. The van der Waals surface area contributed by atoms with E-state index in [2.05, 4.69) is 10.3 Å². The largest absolute Gasteiger partial charge is 0.478 e. The number of carboxylic acids is 1. The van der Waals surface area contributed by atoms with Crippen LogP contribution in [0.4, 0.5) is 10.1 Å². The third-order valence-electron chi connectivity index (χ3n) is 2.66. The molecule has 5 heteroatoms. The molecular formula is C14H13FN2O2. The molecule has 0 radical (unpaired) electrons. The van der Waals surface area contributed by atoms with Gasteiger partial charge in [0.1, 0.15) is 5.82 Å². The molecule has 98 valence electrons. The predicted molar refractivity (Wildman–Crippen MR) is 69.8 cm³/mol. The van der Waals surface area contributed by atoms with Gasteiger partial charge >= 0.3 is 5.97 Å². The summed E-state index contributed by atoms with van der Waals surface area (Å²) in [5, 5.41) is 12.0. The lowest BCUT2D eigenvalue weighted by Crippen LogP contribution is -2.10. The number of nitrogens with one attached hydrogen (secondary N) is 1. The lowest BCUT2D eigenvalue weighted by atomic mass is 10.1. The number of aromatic carboxylic acids is 1. The fraction of sp³-hybridized carbons (Fsp3) is 0.143. The average molecular weight is 260 g/mol. The van der Waals surface area contributed by atoms with Crippen molar-refractivity contribution in [3.05, 3.63) is 59.7 Å². The number of rotatable bonds is 5. The highest BCUT2D eigenvalue weighted by Crippen LogP contribution is 2.17. The zero-order valence-electron chi connectivity index (χ0n) is 10.1. The van der Waals surface area contributed by atoms with Gasteiger partial charge in [-0.25, -0.2) is 9.18 Å². The van der Waals surface area contributed by atoms with Crippen LogP contribution in [0.1, 0.15) is 15.9 Å². The first kappa shape index (κ1) is 13.0. The zero-order chi connectivity index (χ0) is 13.7. The third-order valence-corrected chi connectivity index (χ3v) is 2.66. The molecule has 4 nitrogen and oxygen atoms in total. The summed E-state index contributed by atoms with van der Waals surface area (Å²) in [4.78, 5) is 15.0. The maximum absolute atomic E-state index is 13.0. The molecule has 0 aliphatic carbocycles. The van der Waals surface area contributed by atoms with Gasteiger partial charge in [0.25, 0.3) is 0 Å². The fourth-order valence-electron chi connectivity index (χ4n) is 1.74. The molecule has 1 aromatic heterocycles. The minimum atomic E-state index is -1.15. The van der Waals surface area contributed by atoms with Crippen molar-refractivity contribution < 1.29 is 14.3 Å². The van der Waals surface area contributed by atoms with E-state index in [1.165, 1.54) is 12.1 Å². The molecule has 0 aliphatic rings. The van der Waals surface area contributed by atoms with Crippen molar-refractivity contribution in [3.63, 3.8) is 0 Å². The second-order valence-corrected chi connectivity index (χ2v) is 4.03. The number of hydrogen-bond acceptors (Lipinski definition) is 3. The molecule has 0 aliphatic heterocycles. The molecule has 1 aromatic carbocycles. The molecule has 0 fully saturated rings. The van der Waals surface area contributed by atoms with Crippen molar-refractivity contribution in [3.8, 4) is 0 Å². The Morgan fingerprint density at radius 2 is 2.21 bits per heavy atom. The molecule has 2 aromatic rings. The number of nitrogens with zero attached hydrogens (tertiary/aromatic N) is 1. The van der Waals surface area contributed by atoms with Crippen molar-refractivity contribution in [2.24, 2.45) is 0 Å². The zero-order valence-corrected chi connectivity index (χ0v) is 10.1. The van der Waals surface area contributed by atoms with E-state index in [-0.39, 0.29) is 5.56 Å². The number of carboxylic acid groups (broad SMARTS) is 1. The van der Waals surface area contributed by atoms with Crippen LogP contribution in [0.15, 0.2) is 42.7 Å². The molecule has 0 spiro atoms. The molecule has 19 heavy (non-hydrogen) atoms. The van der Waals surface area contributed by atoms with E-state index in [1.54, 1.807) is 12.4 Å². The lowest BCUT2D eigenvalue weighted by Gasteiger charge is -2.09. The Morgan fingerprint density at radius 1 is 1.37 bits per heavy atom. The lowest BCUT2D eigenvalue weighted by molar-refractivity contribution is 0.0697. The quantitative estimate of drug-likeness (QED) is 0.867. The van der Waals surface area contributed by atoms with E-state index in [4.69, 9.17) is 5.11 Å². The number of hydrogen-bond donors (Lipinski definition) is 2. The van der Waals surface area contributed by atoms with E-state index in [0.717, 1.165) is 11.6 Å². The van der Waals surface area contributed by atoms with Crippen LogP contribution in [0.3, 0.4) is 0 Å². The van der Waals surface area contributed by atoms with E-state index >= 15 is 0 Å². The summed E-state index contributed by atoms with van der Waals surface area (Å²) < 4.78 is 13.0. The molecular weight excluding hydrogens is 247 g/mol. The summed E-state index contributed by atoms with van der Waals surface area (Å²) in [6.45, 7) is 0.553. The van der Waals surface area contributed by atoms with Gasteiger partial charge in [-0.1, -0.05) is 6.07 Å². The topological polar surface area (TPSA) is 62.2 Å². The first-order valence-corrected chi connectivity index (χ1v) is 5.82. The Morgan fingerprint density at radius 3 is 2.89 bits per heavy atom. The van der Waals surface area contributed by atoms with Crippen LogP contribution in [0.2, 0.25) is 0 Å². The number of halogens is 1. The monoisotopic (exact) mass is 260 g/mol. The van der Waals surface area contributed by atoms with Crippen molar-refractivity contribution in [2.75, 3.05) is 11.9 Å². The number of pyridine rings is 1. The van der Waals surface area contributed by atoms with Gasteiger partial charge in [0, 0.05) is 24.6 Å². The summed E-state index contributed by atoms with van der Waals surface area (Å²) in [7, 11) is 0. The standard InChI is InChI=1S/C14H13FN2O2/c15-11-3-4-13(12(8-11)14(18)19)17-7-5-10-2-1-6-16-9-10/h1-4,6,8-9,17H,5,7H2,(H,18,19). The summed E-state index contributed by atoms with van der Waals surface area (Å²) in [6.07, 6.45) is 4.16. The summed E-state index contributed by atoms with van der Waals surface area (Å²) in [6, 6.07) is 7.46. The number of anilines is 1. The molecule has 0 bridgehead atoms. The van der Waals surface area contributed by atoms with Crippen LogP contribution in [-0.2, 0) is 6.42 Å². The average Bonchev–Trinajstić information content (AvgIpc) is 2.41. The van der Waals surface area contributed by atoms with Gasteiger partial charge in [0.2, 0.25) is 0 Å². The highest BCUT2D eigenvalue weighted by molar-refractivity contribution is 5.94. The molecule has 0 amide bonds. The Kier molecular flexibility index (Phi) is 4.07. The van der Waals surface area contributed by atoms with E-state index < -0.39 is 11.8 Å². The van der Waals surface area contributed by atoms with Crippen molar-refractivity contribution in [1.82, 2.24) is 4.98 Å². The highest BCUT2D eigenvalue weighted by Gasteiger charge is 2.10. The van der Waals surface area contributed by atoms with Crippen molar-refractivity contribution in [1.29, 1.82) is 0 Å². The van der Waals surface area contributed by atoms with E-state index in [9.17, 15) is 9.18 Å². The van der Waals surface area contributed by atoms with Crippen LogP contribution in [0.25, 0.3) is 0 Å². The van der Waals surface area contributed by atoms with Gasteiger partial charge in [-0.3, -0.25) is 4.98 Å². The maximum Gasteiger partial charge on any atom is 0.337 e. The minimum absolute atomic E-state index is 0.0637. The number of benzene rings is 1. The van der Waals surface area contributed by atoms with Crippen LogP contribution in [-0.4, -0.2) is 22.6 Å². The fourth-order valence-corrected chi connectivity index (χ4v) is 1.74. The third kappa shape index (κ3) is 3.51. The van der Waals surface area contributed by atoms with Crippen molar-refractivity contribution >= 4 is 11.7 Å². The highest BCUT2D eigenvalue weighted by atomic mass is 19.1. The predicted octanol–water partition coefficient (Wildman–Crippen LogP) is 2.57. The first-order valence-electron chi connectivity index (χ1n) is 5.82. The van der Waals surface area contributed by atoms with E-state index in [1.807, 2.05) is 12.1 Å². The molecule has 0 saturated carbocycles.